The zero-order valence-corrected chi connectivity index (χ0v) is 19.0. The van der Waals surface area contributed by atoms with Gasteiger partial charge in [-0.2, -0.15) is 13.2 Å². The van der Waals surface area contributed by atoms with Crippen LogP contribution in [0.4, 0.5) is 23.2 Å². The van der Waals surface area contributed by atoms with Crippen LogP contribution < -0.4 is 5.32 Å². The number of fused-ring (bicyclic) bond motifs is 1. The Bertz CT molecular complexity index is 1020. The number of amides is 1. The monoisotopic (exact) mass is 483 g/mol. The molecule has 33 heavy (non-hydrogen) atoms. The second-order valence-electron chi connectivity index (χ2n) is 8.89. The Balaban J connectivity index is 1.28. The molecule has 2 heterocycles. The SMILES string of the molecule is Cc1ccc(NCCCN2CC3CN(C(=O)c4c(F)cccc4C(F)(F)F)CC3C2)cc1Cl. The van der Waals surface area contributed by atoms with E-state index in [1.807, 2.05) is 25.1 Å². The predicted octanol–water partition coefficient (Wildman–Crippen LogP) is 5.31. The molecule has 2 aliphatic heterocycles. The van der Waals surface area contributed by atoms with Gasteiger partial charge in [-0.05, 0) is 61.6 Å². The van der Waals surface area contributed by atoms with Crippen LogP contribution in [-0.4, -0.2) is 55.0 Å². The van der Waals surface area contributed by atoms with Crippen LogP contribution in [-0.2, 0) is 6.18 Å². The number of hydrogen-bond acceptors (Lipinski definition) is 3. The number of anilines is 1. The van der Waals surface area contributed by atoms with E-state index < -0.39 is 29.0 Å². The van der Waals surface area contributed by atoms with Gasteiger partial charge in [0.25, 0.3) is 5.91 Å². The lowest BCUT2D eigenvalue weighted by atomic mass is 10.0. The molecule has 0 aromatic heterocycles. The molecule has 178 valence electrons. The highest BCUT2D eigenvalue weighted by Crippen LogP contribution is 2.36. The smallest absolute Gasteiger partial charge is 0.385 e. The maximum atomic E-state index is 14.2. The fraction of sp³-hybridized carbons (Fsp3) is 0.458. The molecule has 4 nitrogen and oxygen atoms in total. The lowest BCUT2D eigenvalue weighted by Gasteiger charge is -2.23. The first-order valence-electron chi connectivity index (χ1n) is 11.0. The predicted molar refractivity (Wildman–Crippen MR) is 120 cm³/mol. The van der Waals surface area contributed by atoms with Gasteiger partial charge in [0.05, 0.1) is 11.1 Å². The number of likely N-dealkylation sites (tertiary alicyclic amines) is 2. The number of carbonyl (C=O) groups is 1. The lowest BCUT2D eigenvalue weighted by molar-refractivity contribution is -0.138. The van der Waals surface area contributed by atoms with Crippen LogP contribution >= 0.6 is 11.6 Å². The van der Waals surface area contributed by atoms with Gasteiger partial charge in [0.2, 0.25) is 0 Å². The normalized spacial score (nSPS) is 20.8. The molecule has 2 aliphatic rings. The summed E-state index contributed by atoms with van der Waals surface area (Å²) in [6.07, 6.45) is -3.85. The molecule has 2 aromatic rings. The molecule has 9 heteroatoms. The summed E-state index contributed by atoms with van der Waals surface area (Å²) in [5.74, 6) is -1.61. The van der Waals surface area contributed by atoms with Gasteiger partial charge in [-0.25, -0.2) is 4.39 Å². The van der Waals surface area contributed by atoms with Crippen molar-refractivity contribution in [3.8, 4) is 0 Å². The maximum Gasteiger partial charge on any atom is 0.417 e. The summed E-state index contributed by atoms with van der Waals surface area (Å²) in [7, 11) is 0. The van der Waals surface area contributed by atoms with Crippen molar-refractivity contribution in [3.63, 3.8) is 0 Å². The zero-order chi connectivity index (χ0) is 23.8. The third-order valence-corrected chi connectivity index (χ3v) is 6.94. The Morgan fingerprint density at radius 1 is 1.12 bits per heavy atom. The molecule has 2 fully saturated rings. The molecule has 0 aliphatic carbocycles. The second-order valence-corrected chi connectivity index (χ2v) is 9.30. The number of benzene rings is 2. The summed E-state index contributed by atoms with van der Waals surface area (Å²) < 4.78 is 54.1. The topological polar surface area (TPSA) is 35.6 Å². The number of halogens is 5. The van der Waals surface area contributed by atoms with E-state index in [9.17, 15) is 22.4 Å². The number of rotatable bonds is 6. The van der Waals surface area contributed by atoms with Gasteiger partial charge in [-0.3, -0.25) is 4.79 Å². The molecule has 1 N–H and O–H groups in total. The summed E-state index contributed by atoms with van der Waals surface area (Å²) in [5.41, 5.74) is -0.0786. The third kappa shape index (κ3) is 5.27. The van der Waals surface area contributed by atoms with Gasteiger partial charge in [-0.15, -0.1) is 0 Å². The highest BCUT2D eigenvalue weighted by molar-refractivity contribution is 6.31. The maximum absolute atomic E-state index is 14.2. The van der Waals surface area contributed by atoms with Gasteiger partial charge < -0.3 is 15.1 Å². The molecule has 2 atom stereocenters. The summed E-state index contributed by atoms with van der Waals surface area (Å²) in [4.78, 5) is 16.5. The molecule has 0 bridgehead atoms. The van der Waals surface area contributed by atoms with Crippen molar-refractivity contribution in [2.75, 3.05) is 44.6 Å². The Morgan fingerprint density at radius 3 is 2.45 bits per heavy atom. The van der Waals surface area contributed by atoms with Crippen LogP contribution in [0.5, 0.6) is 0 Å². The zero-order valence-electron chi connectivity index (χ0n) is 18.3. The van der Waals surface area contributed by atoms with E-state index in [4.69, 9.17) is 11.6 Å². The lowest BCUT2D eigenvalue weighted by Crippen LogP contribution is -2.35. The first-order valence-corrected chi connectivity index (χ1v) is 11.4. The Kier molecular flexibility index (Phi) is 6.86. The van der Waals surface area contributed by atoms with Gasteiger partial charge in [0.15, 0.2) is 0 Å². The minimum Gasteiger partial charge on any atom is -0.385 e. The number of nitrogens with one attached hydrogen (secondary N) is 1. The van der Waals surface area contributed by atoms with E-state index >= 15 is 0 Å². The van der Waals surface area contributed by atoms with Crippen molar-refractivity contribution >= 4 is 23.2 Å². The van der Waals surface area contributed by atoms with E-state index in [-0.39, 0.29) is 11.8 Å². The van der Waals surface area contributed by atoms with Crippen molar-refractivity contribution in [2.24, 2.45) is 11.8 Å². The molecular formula is C24H26ClF4N3O. The van der Waals surface area contributed by atoms with E-state index in [0.29, 0.717) is 13.1 Å². The summed E-state index contributed by atoms with van der Waals surface area (Å²) >= 11 is 6.14. The molecule has 2 aromatic carbocycles. The van der Waals surface area contributed by atoms with Crippen LogP contribution in [0.1, 0.15) is 27.9 Å². The molecule has 2 saturated heterocycles. The largest absolute Gasteiger partial charge is 0.417 e. The standard InChI is InChI=1S/C24H26ClF4N3O/c1-15-6-7-18(10-20(15)25)30-8-3-9-31-11-16-13-32(14-17(16)12-31)23(33)22-19(24(27,28)29)4-2-5-21(22)26/h2,4-7,10,16-17,30H,3,8-9,11-14H2,1H3. The summed E-state index contributed by atoms with van der Waals surface area (Å²) in [6, 6.07) is 8.51. The van der Waals surface area contributed by atoms with Crippen LogP contribution in [0.25, 0.3) is 0 Å². The van der Waals surface area contributed by atoms with Gasteiger partial charge >= 0.3 is 6.18 Å². The quantitative estimate of drug-likeness (QED) is 0.446. The number of carbonyl (C=O) groups excluding carboxylic acids is 1. The van der Waals surface area contributed by atoms with E-state index in [0.717, 1.165) is 67.1 Å². The summed E-state index contributed by atoms with van der Waals surface area (Å²) in [5, 5.41) is 4.08. The summed E-state index contributed by atoms with van der Waals surface area (Å²) in [6.45, 7) is 5.92. The fourth-order valence-corrected chi connectivity index (χ4v) is 4.99. The molecule has 1 amide bonds. The van der Waals surface area contributed by atoms with Crippen LogP contribution in [0.3, 0.4) is 0 Å². The minimum atomic E-state index is -4.78. The Hall–Kier alpha value is -2.32. The highest BCUT2D eigenvalue weighted by atomic mass is 35.5. The van der Waals surface area contributed by atoms with Crippen molar-refractivity contribution in [2.45, 2.75) is 19.5 Å². The van der Waals surface area contributed by atoms with Crippen LogP contribution in [0, 0.1) is 24.6 Å². The average Bonchev–Trinajstić information content (AvgIpc) is 3.31. The highest BCUT2D eigenvalue weighted by Gasteiger charge is 2.44. The van der Waals surface area contributed by atoms with Gasteiger partial charge in [-0.1, -0.05) is 23.7 Å². The average molecular weight is 484 g/mol. The molecule has 0 saturated carbocycles. The van der Waals surface area contributed by atoms with Crippen molar-refractivity contribution in [3.05, 3.63) is 63.9 Å². The van der Waals surface area contributed by atoms with E-state index in [2.05, 4.69) is 10.2 Å². The molecule has 0 radical (unpaired) electrons. The number of nitrogens with zero attached hydrogens (tertiary/aromatic N) is 2. The molecular weight excluding hydrogens is 458 g/mol. The third-order valence-electron chi connectivity index (χ3n) is 6.53. The Morgan fingerprint density at radius 2 is 1.82 bits per heavy atom. The van der Waals surface area contributed by atoms with E-state index in [1.54, 1.807) is 0 Å². The minimum absolute atomic E-state index is 0.193. The first kappa shape index (κ1) is 23.8. The number of hydrogen-bond donors (Lipinski definition) is 1. The van der Waals surface area contributed by atoms with Gasteiger partial charge in [0.1, 0.15) is 5.82 Å². The molecule has 0 spiro atoms. The number of alkyl halides is 3. The van der Waals surface area contributed by atoms with E-state index in [1.165, 1.54) is 4.90 Å². The molecule has 2 unspecified atom stereocenters. The van der Waals surface area contributed by atoms with Crippen molar-refractivity contribution < 1.29 is 22.4 Å². The van der Waals surface area contributed by atoms with Crippen LogP contribution in [0.2, 0.25) is 5.02 Å². The molecule has 4 rings (SSSR count). The van der Waals surface area contributed by atoms with Crippen molar-refractivity contribution in [1.29, 1.82) is 0 Å². The number of aryl methyl sites for hydroxylation is 1. The van der Waals surface area contributed by atoms with Crippen LogP contribution in [0.15, 0.2) is 36.4 Å². The van der Waals surface area contributed by atoms with Gasteiger partial charge in [0, 0.05) is 43.4 Å². The fourth-order valence-electron chi connectivity index (χ4n) is 4.81. The Labute approximate surface area is 195 Å². The second kappa shape index (κ2) is 9.50. The first-order chi connectivity index (χ1) is 15.6. The van der Waals surface area contributed by atoms with Crippen molar-refractivity contribution in [1.82, 2.24) is 9.80 Å².